The highest BCUT2D eigenvalue weighted by atomic mass is 19.3. The molecule has 3 aromatic rings. The van der Waals surface area contributed by atoms with E-state index in [-0.39, 0.29) is 17.2 Å². The summed E-state index contributed by atoms with van der Waals surface area (Å²) in [5.41, 5.74) is -1.12. The van der Waals surface area contributed by atoms with E-state index in [0.717, 1.165) is 6.07 Å². The van der Waals surface area contributed by atoms with E-state index in [1.54, 1.807) is 20.0 Å². The second-order valence-electron chi connectivity index (χ2n) is 9.93. The normalized spacial score (nSPS) is 19.9. The van der Waals surface area contributed by atoms with Crippen molar-refractivity contribution < 1.29 is 22.3 Å². The molecular weight excluding hydrogens is 490 g/mol. The van der Waals surface area contributed by atoms with Crippen LogP contribution in [0.5, 0.6) is 0 Å². The van der Waals surface area contributed by atoms with Crippen LogP contribution in [0, 0.1) is 12.7 Å². The average Bonchev–Trinajstić information content (AvgIpc) is 3.65. The number of anilines is 2. The fourth-order valence-corrected chi connectivity index (χ4v) is 5.01. The highest BCUT2D eigenvalue weighted by Gasteiger charge is 2.46. The van der Waals surface area contributed by atoms with Crippen LogP contribution < -0.4 is 15.8 Å². The highest BCUT2D eigenvalue weighted by molar-refractivity contribution is 5.97. The van der Waals surface area contributed by atoms with E-state index < -0.39 is 36.1 Å². The summed E-state index contributed by atoms with van der Waals surface area (Å²) in [6.07, 6.45) is -0.314. The monoisotopic (exact) mass is 519 g/mol. The molecule has 1 saturated heterocycles. The van der Waals surface area contributed by atoms with Crippen LogP contribution in [-0.2, 0) is 10.3 Å². The number of pyridine rings is 1. The molecule has 0 radical (unpaired) electrons. The Labute approximate surface area is 211 Å². The molecule has 2 atom stereocenters. The molecule has 1 aliphatic heterocycles. The summed E-state index contributed by atoms with van der Waals surface area (Å²) in [7, 11) is 0. The molecule has 198 valence electrons. The van der Waals surface area contributed by atoms with Gasteiger partial charge in [0.05, 0.1) is 35.7 Å². The molecule has 37 heavy (non-hydrogen) atoms. The van der Waals surface area contributed by atoms with Crippen LogP contribution in [0.2, 0.25) is 0 Å². The van der Waals surface area contributed by atoms with Crippen LogP contribution in [0.25, 0.3) is 10.9 Å². The fourth-order valence-electron chi connectivity index (χ4n) is 5.01. The van der Waals surface area contributed by atoms with Gasteiger partial charge < -0.3 is 19.5 Å². The van der Waals surface area contributed by atoms with Crippen molar-refractivity contribution in [3.05, 3.63) is 57.5 Å². The van der Waals surface area contributed by atoms with Gasteiger partial charge in [-0.2, -0.15) is 0 Å². The minimum Gasteiger partial charge on any atom is -0.377 e. The third-order valence-electron chi connectivity index (χ3n) is 7.32. The van der Waals surface area contributed by atoms with E-state index in [1.807, 2.05) is 11.8 Å². The molecule has 1 aromatic carbocycles. The van der Waals surface area contributed by atoms with Gasteiger partial charge in [0, 0.05) is 24.3 Å². The Morgan fingerprint density at radius 2 is 1.97 bits per heavy atom. The molecule has 2 aliphatic rings. The van der Waals surface area contributed by atoms with Gasteiger partial charge in [-0.05, 0) is 33.6 Å². The van der Waals surface area contributed by atoms with Gasteiger partial charge in [-0.1, -0.05) is 18.2 Å². The summed E-state index contributed by atoms with van der Waals surface area (Å²) in [5.74, 6) is -0.306. The van der Waals surface area contributed by atoms with Gasteiger partial charge in [-0.25, -0.2) is 27.5 Å². The maximum absolute atomic E-state index is 14.9. The summed E-state index contributed by atoms with van der Waals surface area (Å²) in [4.78, 5) is 24.8. The molecule has 0 unspecified atom stereocenters. The molecular formula is C26H29F4N5O2. The molecule has 11 heteroatoms. The van der Waals surface area contributed by atoms with Gasteiger partial charge in [0.2, 0.25) is 0 Å². The van der Waals surface area contributed by atoms with Gasteiger partial charge in [0.25, 0.3) is 12.0 Å². The topological polar surface area (TPSA) is 72.3 Å². The molecule has 1 aliphatic carbocycles. The smallest absolute Gasteiger partial charge is 0.277 e. The number of aryl methyl sites for hydroxylation is 1. The van der Waals surface area contributed by atoms with Gasteiger partial charge >= 0.3 is 0 Å². The second-order valence-corrected chi connectivity index (χ2v) is 9.93. The molecule has 7 nitrogen and oxygen atoms in total. The van der Waals surface area contributed by atoms with Gasteiger partial charge in [-0.3, -0.25) is 4.79 Å². The van der Waals surface area contributed by atoms with Crippen LogP contribution >= 0.6 is 0 Å². The highest BCUT2D eigenvalue weighted by Crippen LogP contribution is 2.44. The van der Waals surface area contributed by atoms with Crippen molar-refractivity contribution in [1.29, 1.82) is 0 Å². The van der Waals surface area contributed by atoms with Crippen LogP contribution in [0.3, 0.4) is 0 Å². The van der Waals surface area contributed by atoms with Crippen molar-refractivity contribution >= 4 is 22.4 Å². The van der Waals surface area contributed by atoms with E-state index in [2.05, 4.69) is 15.3 Å². The lowest BCUT2D eigenvalue weighted by molar-refractivity contribution is 0.0988. The Kier molecular flexibility index (Phi) is 6.59. The number of fused-ring (bicyclic) bond motifs is 1. The van der Waals surface area contributed by atoms with E-state index >= 15 is 0 Å². The zero-order valence-corrected chi connectivity index (χ0v) is 20.9. The number of hydrogen-bond donors (Lipinski definition) is 1. The number of halogens is 4. The van der Waals surface area contributed by atoms with Gasteiger partial charge in [0.15, 0.2) is 0 Å². The number of benzene rings is 1. The third-order valence-corrected chi connectivity index (χ3v) is 7.32. The SMILES string of the molecule is Cc1nc(N[C@H](C)c2cccc(C(F)F)c2F)c2cn(C3(CF)CC3)c(=O)c(N3CCOC[C@@H]3C)c2n1. The number of nitrogens with one attached hydrogen (secondary N) is 1. The average molecular weight is 520 g/mol. The number of rotatable bonds is 7. The Morgan fingerprint density at radius 3 is 2.62 bits per heavy atom. The molecule has 2 aromatic heterocycles. The molecule has 0 amide bonds. The zero-order valence-electron chi connectivity index (χ0n) is 20.9. The lowest BCUT2D eigenvalue weighted by Crippen LogP contribution is -2.47. The summed E-state index contributed by atoms with van der Waals surface area (Å²) in [6, 6.07) is 3.03. The van der Waals surface area contributed by atoms with Crippen LogP contribution in [0.4, 0.5) is 29.1 Å². The largest absolute Gasteiger partial charge is 0.377 e. The molecule has 5 rings (SSSR count). The Morgan fingerprint density at radius 1 is 1.24 bits per heavy atom. The quantitative estimate of drug-likeness (QED) is 0.442. The minimum atomic E-state index is -2.95. The Balaban J connectivity index is 1.68. The number of hydrogen-bond acceptors (Lipinski definition) is 6. The Hall–Kier alpha value is -3.21. The molecule has 1 N–H and O–H groups in total. The summed E-state index contributed by atoms with van der Waals surface area (Å²) in [5, 5.41) is 3.61. The van der Waals surface area contributed by atoms with Gasteiger partial charge in [-0.15, -0.1) is 0 Å². The van der Waals surface area contributed by atoms with Crippen molar-refractivity contribution in [2.45, 2.75) is 57.7 Å². The number of morpholine rings is 1. The van der Waals surface area contributed by atoms with Crippen LogP contribution in [-0.4, -0.2) is 47.0 Å². The zero-order chi connectivity index (χ0) is 26.5. The van der Waals surface area contributed by atoms with Crippen molar-refractivity contribution in [1.82, 2.24) is 14.5 Å². The molecule has 0 spiro atoms. The van der Waals surface area contributed by atoms with E-state index in [9.17, 15) is 22.4 Å². The number of nitrogens with zero attached hydrogens (tertiary/aromatic N) is 4. The standard InChI is InChI=1S/C26H29F4N5O2/c1-14-12-37-10-9-34(14)22-21-19(11-35(25(22)36)26(13-27)7-8-26)24(33-16(3)32-21)31-15(2)17-5-4-6-18(20(17)28)23(29)30/h4-6,11,14-15,23H,7-10,12-13H2,1-3H3,(H,31,32,33)/t14-,15+/m0/s1. The maximum Gasteiger partial charge on any atom is 0.277 e. The van der Waals surface area contributed by atoms with Crippen molar-refractivity contribution in [2.24, 2.45) is 0 Å². The van der Waals surface area contributed by atoms with E-state index in [1.165, 1.54) is 16.7 Å². The lowest BCUT2D eigenvalue weighted by atomic mass is 10.0. The van der Waals surface area contributed by atoms with Crippen LogP contribution in [0.15, 0.2) is 29.2 Å². The van der Waals surface area contributed by atoms with E-state index in [0.29, 0.717) is 60.8 Å². The molecule has 3 heterocycles. The first-order chi connectivity index (χ1) is 17.7. The number of ether oxygens (including phenoxy) is 1. The Bertz CT molecular complexity index is 1390. The summed E-state index contributed by atoms with van der Waals surface area (Å²) >= 11 is 0. The first-order valence-electron chi connectivity index (χ1n) is 12.3. The fraction of sp³-hybridized carbons (Fsp3) is 0.500. The number of aromatic nitrogens is 3. The van der Waals surface area contributed by atoms with Crippen molar-refractivity contribution in [3.8, 4) is 0 Å². The van der Waals surface area contributed by atoms with Crippen molar-refractivity contribution in [2.75, 3.05) is 36.6 Å². The predicted octanol–water partition coefficient (Wildman–Crippen LogP) is 5.03. The van der Waals surface area contributed by atoms with E-state index in [4.69, 9.17) is 4.74 Å². The second kappa shape index (κ2) is 9.59. The predicted molar refractivity (Wildman–Crippen MR) is 133 cm³/mol. The molecule has 0 bridgehead atoms. The summed E-state index contributed by atoms with van der Waals surface area (Å²) in [6.45, 7) is 5.89. The number of alkyl halides is 3. The first kappa shape index (κ1) is 25.4. The maximum atomic E-state index is 14.9. The first-order valence-corrected chi connectivity index (χ1v) is 12.3. The molecule has 2 fully saturated rings. The minimum absolute atomic E-state index is 0.0555. The lowest BCUT2D eigenvalue weighted by Gasteiger charge is -2.35. The van der Waals surface area contributed by atoms with Crippen LogP contribution in [0.1, 0.15) is 56.1 Å². The third kappa shape index (κ3) is 4.43. The van der Waals surface area contributed by atoms with Crippen molar-refractivity contribution in [3.63, 3.8) is 0 Å². The molecule has 1 saturated carbocycles. The van der Waals surface area contributed by atoms with Gasteiger partial charge in [0.1, 0.15) is 35.3 Å². The summed E-state index contributed by atoms with van der Waals surface area (Å²) < 4.78 is 62.6.